The molecule has 46 heavy (non-hydrogen) atoms. The Morgan fingerprint density at radius 1 is 0.913 bits per heavy atom. The number of carbonyl (C=O) groups excluding carboxylic acids is 2. The fourth-order valence-electron chi connectivity index (χ4n) is 4.66. The molecule has 0 saturated heterocycles. The van der Waals surface area contributed by atoms with Gasteiger partial charge in [0.25, 0.3) is 0 Å². The van der Waals surface area contributed by atoms with Crippen molar-refractivity contribution in [1.82, 2.24) is 10.0 Å². The smallest absolute Gasteiger partial charge is 0.407 e. The van der Waals surface area contributed by atoms with E-state index in [2.05, 4.69) is 10.0 Å². The molecule has 1 heterocycles. The van der Waals surface area contributed by atoms with Crippen molar-refractivity contribution >= 4 is 34.4 Å². The van der Waals surface area contributed by atoms with E-state index in [9.17, 15) is 14.1 Å². The third kappa shape index (κ3) is 10.0. The van der Waals surface area contributed by atoms with E-state index in [1.54, 1.807) is 6.92 Å². The number of carbonyl (C=O) groups is 2. The first-order valence-electron chi connectivity index (χ1n) is 15.3. The first kappa shape index (κ1) is 34.9. The number of esters is 1. The predicted octanol–water partition coefficient (Wildman–Crippen LogP) is 7.36. The highest BCUT2D eigenvalue weighted by molar-refractivity contribution is 7.90. The van der Waals surface area contributed by atoms with Crippen molar-refractivity contribution < 1.29 is 32.8 Å². The lowest BCUT2D eigenvalue weighted by Crippen LogP contribution is -2.38. The van der Waals surface area contributed by atoms with Gasteiger partial charge in [0.1, 0.15) is 34.0 Å². The highest BCUT2D eigenvalue weighted by atomic mass is 32.2. The number of hydrogen-bond acceptors (Lipinski definition) is 8. The summed E-state index contributed by atoms with van der Waals surface area (Å²) < 4.78 is 38.4. The zero-order valence-corrected chi connectivity index (χ0v) is 28.5. The molecular formula is C36H44N2O7S. The van der Waals surface area contributed by atoms with Gasteiger partial charge in [-0.05, 0) is 95.5 Å². The summed E-state index contributed by atoms with van der Waals surface area (Å²) in [6.45, 7) is 14.1. The lowest BCUT2D eigenvalue weighted by atomic mass is 9.99. The summed E-state index contributed by atoms with van der Waals surface area (Å²) in [5.74, 6) is 0.943. The lowest BCUT2D eigenvalue weighted by Gasteiger charge is -2.23. The standard InChI is InChI=1S/C36H44N2O7S/c1-8-42-32(39)20-27-13-9-10-15-31(27)43-23-25-17-28-19-29(22-38-46(41)36(5,6)7)44-33(28)30(18-25)26-14-11-12-24(16-26)21-37-34(40)45-35(2,3)4/h9-19,38H,8,20-23H2,1-7H3,(H,37,40). The molecule has 0 bridgehead atoms. The molecular weight excluding hydrogens is 604 g/mol. The largest absolute Gasteiger partial charge is 0.598 e. The van der Waals surface area contributed by atoms with E-state index in [0.29, 0.717) is 30.2 Å². The maximum Gasteiger partial charge on any atom is 0.407 e. The third-order valence-corrected chi connectivity index (χ3v) is 8.26. The van der Waals surface area contributed by atoms with Crippen LogP contribution in [0.4, 0.5) is 4.79 Å². The van der Waals surface area contributed by atoms with Crippen LogP contribution in [0.1, 0.15) is 70.9 Å². The topological polar surface area (TPSA) is 122 Å². The molecule has 1 unspecified atom stereocenters. The summed E-state index contributed by atoms with van der Waals surface area (Å²) in [6.07, 6.45) is -0.370. The quantitative estimate of drug-likeness (QED) is 0.121. The molecule has 4 aromatic rings. The van der Waals surface area contributed by atoms with Crippen LogP contribution in [0.5, 0.6) is 5.75 Å². The Bertz CT molecular complexity index is 1650. The molecule has 0 radical (unpaired) electrons. The van der Waals surface area contributed by atoms with Gasteiger partial charge < -0.3 is 28.5 Å². The van der Waals surface area contributed by atoms with E-state index in [-0.39, 0.29) is 25.5 Å². The van der Waals surface area contributed by atoms with Gasteiger partial charge in [-0.15, -0.1) is 4.72 Å². The number of benzene rings is 3. The van der Waals surface area contributed by atoms with Crippen LogP contribution in [0.2, 0.25) is 0 Å². The summed E-state index contributed by atoms with van der Waals surface area (Å²) in [5, 5.41) is 3.68. The molecule has 0 aliphatic carbocycles. The molecule has 4 rings (SSSR count). The number of furan rings is 1. The minimum Gasteiger partial charge on any atom is -0.598 e. The van der Waals surface area contributed by atoms with Crippen LogP contribution in [0.3, 0.4) is 0 Å². The van der Waals surface area contributed by atoms with E-state index in [4.69, 9.17) is 18.6 Å². The lowest BCUT2D eigenvalue weighted by molar-refractivity contribution is -0.142. The van der Waals surface area contributed by atoms with Gasteiger partial charge in [-0.25, -0.2) is 4.79 Å². The zero-order chi connectivity index (χ0) is 33.5. The van der Waals surface area contributed by atoms with Crippen molar-refractivity contribution in [2.24, 2.45) is 0 Å². The maximum absolute atomic E-state index is 12.6. The Morgan fingerprint density at radius 3 is 2.39 bits per heavy atom. The van der Waals surface area contributed by atoms with Crippen LogP contribution in [0, 0.1) is 0 Å². The molecule has 3 aromatic carbocycles. The number of hydrogen-bond donors (Lipinski definition) is 2. The number of ether oxygens (including phenoxy) is 3. The number of para-hydroxylation sites is 1. The minimum atomic E-state index is -1.26. The molecule has 0 fully saturated rings. The van der Waals surface area contributed by atoms with Gasteiger partial charge in [-0.2, -0.15) is 0 Å². The fourth-order valence-corrected chi connectivity index (χ4v) is 5.37. The number of fused-ring (bicyclic) bond motifs is 1. The fraction of sp³-hybridized carbons (Fsp3) is 0.389. The first-order chi connectivity index (χ1) is 21.7. The van der Waals surface area contributed by atoms with Crippen molar-refractivity contribution in [1.29, 1.82) is 0 Å². The molecule has 10 heteroatoms. The van der Waals surface area contributed by atoms with Crippen molar-refractivity contribution in [2.45, 2.75) is 84.9 Å². The van der Waals surface area contributed by atoms with Crippen molar-refractivity contribution in [3.8, 4) is 16.9 Å². The SMILES string of the molecule is CCOC(=O)Cc1ccccc1OCc1cc(-c2cccc(CNC(=O)OC(C)(C)C)c2)c2oc(CN[S+]([O-])C(C)(C)C)cc2c1. The Kier molecular flexibility index (Phi) is 11.4. The Morgan fingerprint density at radius 2 is 1.67 bits per heavy atom. The van der Waals surface area contributed by atoms with Gasteiger partial charge in [-0.1, -0.05) is 36.4 Å². The van der Waals surface area contributed by atoms with E-state index in [1.807, 2.05) is 108 Å². The molecule has 0 spiro atoms. The van der Waals surface area contributed by atoms with E-state index in [1.165, 1.54) is 0 Å². The molecule has 1 atom stereocenters. The molecule has 9 nitrogen and oxygen atoms in total. The van der Waals surface area contributed by atoms with Gasteiger partial charge in [0.05, 0.1) is 19.6 Å². The molecule has 1 aromatic heterocycles. The van der Waals surface area contributed by atoms with Gasteiger partial charge >= 0.3 is 12.1 Å². The van der Waals surface area contributed by atoms with Crippen molar-refractivity contribution in [2.75, 3.05) is 6.61 Å². The van der Waals surface area contributed by atoms with Gasteiger partial charge in [0.2, 0.25) is 0 Å². The zero-order valence-electron chi connectivity index (χ0n) is 27.7. The summed E-state index contributed by atoms with van der Waals surface area (Å²) in [4.78, 5) is 24.4. The normalized spacial score (nSPS) is 12.5. The van der Waals surface area contributed by atoms with E-state index in [0.717, 1.165) is 33.2 Å². The van der Waals surface area contributed by atoms with Crippen molar-refractivity contribution in [3.05, 3.63) is 89.2 Å². The Balaban J connectivity index is 1.64. The van der Waals surface area contributed by atoms with Gasteiger partial charge in [-0.3, -0.25) is 4.79 Å². The second kappa shape index (κ2) is 15.1. The summed E-state index contributed by atoms with van der Waals surface area (Å²) in [5.41, 5.74) is 4.36. The number of alkyl carbamates (subject to hydrolysis) is 1. The van der Waals surface area contributed by atoms with Crippen LogP contribution < -0.4 is 14.8 Å². The number of nitrogens with one attached hydrogen (secondary N) is 2. The predicted molar refractivity (Wildman–Crippen MR) is 181 cm³/mol. The average Bonchev–Trinajstić information content (AvgIpc) is 3.40. The molecule has 0 saturated carbocycles. The van der Waals surface area contributed by atoms with Gasteiger partial charge in [0, 0.05) is 34.4 Å². The van der Waals surface area contributed by atoms with Crippen LogP contribution in [0.15, 0.2) is 71.1 Å². The minimum absolute atomic E-state index is 0.118. The van der Waals surface area contributed by atoms with E-state index < -0.39 is 27.8 Å². The Labute approximate surface area is 274 Å². The highest BCUT2D eigenvalue weighted by Crippen LogP contribution is 2.34. The second-order valence-corrected chi connectivity index (χ2v) is 15.0. The molecule has 2 N–H and O–H groups in total. The molecule has 246 valence electrons. The summed E-state index contributed by atoms with van der Waals surface area (Å²) in [7, 11) is 0. The van der Waals surface area contributed by atoms with E-state index >= 15 is 0 Å². The number of amides is 1. The van der Waals surface area contributed by atoms with Crippen LogP contribution in [0.25, 0.3) is 22.1 Å². The van der Waals surface area contributed by atoms with Gasteiger partial charge in [0.15, 0.2) is 0 Å². The third-order valence-electron chi connectivity index (χ3n) is 6.74. The highest BCUT2D eigenvalue weighted by Gasteiger charge is 2.26. The van der Waals surface area contributed by atoms with Crippen LogP contribution in [-0.2, 0) is 51.7 Å². The molecule has 0 aliphatic heterocycles. The summed E-state index contributed by atoms with van der Waals surface area (Å²) in [6, 6.07) is 21.2. The maximum atomic E-state index is 12.6. The monoisotopic (exact) mass is 648 g/mol. The summed E-state index contributed by atoms with van der Waals surface area (Å²) >= 11 is -1.26. The molecule has 1 amide bonds. The number of rotatable bonds is 12. The Hall–Kier alpha value is -3.99. The first-order valence-corrected chi connectivity index (χ1v) is 16.5. The van der Waals surface area contributed by atoms with Crippen molar-refractivity contribution in [3.63, 3.8) is 0 Å². The average molecular weight is 649 g/mol. The molecule has 0 aliphatic rings. The van der Waals surface area contributed by atoms with Crippen LogP contribution in [-0.4, -0.2) is 33.6 Å². The second-order valence-electron chi connectivity index (χ2n) is 12.9. The van der Waals surface area contributed by atoms with Crippen LogP contribution >= 0.6 is 0 Å².